The van der Waals surface area contributed by atoms with Crippen molar-refractivity contribution in [2.75, 3.05) is 11.4 Å². The van der Waals surface area contributed by atoms with Crippen LogP contribution in [0.2, 0.25) is 0 Å². The molecule has 0 bridgehead atoms. The first-order chi connectivity index (χ1) is 9.89. The van der Waals surface area contributed by atoms with Crippen LogP contribution in [0.1, 0.15) is 25.0 Å². The Labute approximate surface area is 124 Å². The molecule has 2 amide bonds. The van der Waals surface area contributed by atoms with Crippen molar-refractivity contribution in [2.24, 2.45) is 23.0 Å². The molecule has 0 aromatic heterocycles. The summed E-state index contributed by atoms with van der Waals surface area (Å²) < 4.78 is 0. The van der Waals surface area contributed by atoms with Gasteiger partial charge in [0.05, 0.1) is 24.1 Å². The molecule has 1 saturated carbocycles. The number of nitrogens with two attached hydrogens (primary N) is 1. The molecule has 2 N–H and O–H groups in total. The number of amides is 2. The number of hydrogen-bond donors (Lipinski definition) is 1. The molecule has 1 aromatic rings. The van der Waals surface area contributed by atoms with Crippen LogP contribution in [0.4, 0.5) is 5.69 Å². The van der Waals surface area contributed by atoms with Gasteiger partial charge in [-0.1, -0.05) is 25.7 Å². The lowest BCUT2D eigenvalue weighted by molar-refractivity contribution is -0.125. The van der Waals surface area contributed by atoms with Crippen LogP contribution in [0.15, 0.2) is 18.2 Å². The third kappa shape index (κ3) is 1.89. The van der Waals surface area contributed by atoms with E-state index in [2.05, 4.69) is 11.8 Å². The van der Waals surface area contributed by atoms with Crippen molar-refractivity contribution in [3.8, 4) is 11.8 Å². The molecule has 21 heavy (non-hydrogen) atoms. The summed E-state index contributed by atoms with van der Waals surface area (Å²) in [5.74, 6) is 5.30. The van der Waals surface area contributed by atoms with Gasteiger partial charge in [-0.25, -0.2) is 4.90 Å². The van der Waals surface area contributed by atoms with Gasteiger partial charge < -0.3 is 5.73 Å². The number of piperidine rings is 1. The summed E-state index contributed by atoms with van der Waals surface area (Å²) >= 11 is 0. The molecule has 0 radical (unpaired) electrons. The number of benzene rings is 1. The number of imide groups is 1. The molecule has 1 aromatic carbocycles. The van der Waals surface area contributed by atoms with E-state index in [-0.39, 0.29) is 29.1 Å². The summed E-state index contributed by atoms with van der Waals surface area (Å²) in [4.78, 5) is 26.2. The Morgan fingerprint density at radius 1 is 1.24 bits per heavy atom. The zero-order valence-electron chi connectivity index (χ0n) is 12.4. The van der Waals surface area contributed by atoms with Crippen molar-refractivity contribution in [1.29, 1.82) is 0 Å². The molecule has 108 valence electrons. The third-order valence-corrected chi connectivity index (χ3v) is 4.57. The minimum Gasteiger partial charge on any atom is -0.320 e. The van der Waals surface area contributed by atoms with Crippen molar-refractivity contribution >= 4 is 17.5 Å². The molecule has 1 aliphatic carbocycles. The van der Waals surface area contributed by atoms with E-state index in [0.29, 0.717) is 12.2 Å². The van der Waals surface area contributed by atoms with E-state index < -0.39 is 0 Å². The predicted octanol–water partition coefficient (Wildman–Crippen LogP) is 1.45. The standard InChI is InChI=1S/C17H18N2O2/c1-10-9-11(5-4-8-18)6-7-12(10)19-15(20)13-14(16(19)21)17(13,2)3/h6-7,9,13-14H,8,18H2,1-3H3. The first-order valence-electron chi connectivity index (χ1n) is 7.07. The molecule has 2 aliphatic rings. The van der Waals surface area contributed by atoms with E-state index in [9.17, 15) is 9.59 Å². The highest BCUT2D eigenvalue weighted by Crippen LogP contribution is 2.63. The molecule has 3 rings (SSSR count). The van der Waals surface area contributed by atoms with Gasteiger partial charge in [0.25, 0.3) is 0 Å². The lowest BCUT2D eigenvalue weighted by Crippen LogP contribution is -2.36. The highest BCUT2D eigenvalue weighted by atomic mass is 16.2. The van der Waals surface area contributed by atoms with Gasteiger partial charge in [-0.05, 0) is 36.1 Å². The van der Waals surface area contributed by atoms with Crippen LogP contribution >= 0.6 is 0 Å². The molecule has 1 aliphatic heterocycles. The number of fused-ring (bicyclic) bond motifs is 1. The van der Waals surface area contributed by atoms with E-state index >= 15 is 0 Å². The van der Waals surface area contributed by atoms with Gasteiger partial charge in [0, 0.05) is 5.56 Å². The first kappa shape index (κ1) is 13.8. The number of carbonyl (C=O) groups is 2. The third-order valence-electron chi connectivity index (χ3n) is 4.57. The molecule has 2 fully saturated rings. The van der Waals surface area contributed by atoms with Crippen LogP contribution in [-0.2, 0) is 9.59 Å². The predicted molar refractivity (Wildman–Crippen MR) is 80.4 cm³/mol. The van der Waals surface area contributed by atoms with E-state index in [0.717, 1.165) is 11.1 Å². The monoisotopic (exact) mass is 282 g/mol. The minimum atomic E-state index is -0.175. The molecule has 1 saturated heterocycles. The van der Waals surface area contributed by atoms with Gasteiger partial charge in [0.1, 0.15) is 0 Å². The minimum absolute atomic E-state index is 0.0705. The van der Waals surface area contributed by atoms with Gasteiger partial charge in [-0.15, -0.1) is 0 Å². The van der Waals surface area contributed by atoms with Crippen molar-refractivity contribution in [3.63, 3.8) is 0 Å². The fourth-order valence-corrected chi connectivity index (χ4v) is 3.32. The molecule has 1 heterocycles. The molecular weight excluding hydrogens is 264 g/mol. The second-order valence-electron chi connectivity index (χ2n) is 6.30. The number of nitrogens with zero attached hydrogens (tertiary/aromatic N) is 1. The highest BCUT2D eigenvalue weighted by Gasteiger charge is 2.72. The van der Waals surface area contributed by atoms with Crippen LogP contribution in [0.5, 0.6) is 0 Å². The molecule has 2 unspecified atom stereocenters. The SMILES string of the molecule is Cc1cc(C#CCN)ccc1N1C(=O)C2C(C1=O)C2(C)C. The van der Waals surface area contributed by atoms with Crippen molar-refractivity contribution < 1.29 is 9.59 Å². The van der Waals surface area contributed by atoms with E-state index in [1.54, 1.807) is 6.07 Å². The van der Waals surface area contributed by atoms with Gasteiger partial charge in [0.15, 0.2) is 0 Å². The summed E-state index contributed by atoms with van der Waals surface area (Å²) in [6, 6.07) is 5.50. The van der Waals surface area contributed by atoms with Crippen molar-refractivity contribution in [2.45, 2.75) is 20.8 Å². The topological polar surface area (TPSA) is 63.4 Å². The quantitative estimate of drug-likeness (QED) is 0.626. The lowest BCUT2D eigenvalue weighted by atomic mass is 10.0. The van der Waals surface area contributed by atoms with E-state index in [1.807, 2.05) is 32.9 Å². The second kappa shape index (κ2) is 4.44. The molecule has 4 nitrogen and oxygen atoms in total. The number of hydrogen-bond acceptors (Lipinski definition) is 3. The average Bonchev–Trinajstić information content (AvgIpc) is 2.89. The molecular formula is C17H18N2O2. The van der Waals surface area contributed by atoms with Gasteiger partial charge in [-0.2, -0.15) is 0 Å². The first-order valence-corrected chi connectivity index (χ1v) is 7.07. The Morgan fingerprint density at radius 2 is 1.86 bits per heavy atom. The Morgan fingerprint density at radius 3 is 2.38 bits per heavy atom. The fraction of sp³-hybridized carbons (Fsp3) is 0.412. The van der Waals surface area contributed by atoms with Crippen molar-refractivity contribution in [1.82, 2.24) is 0 Å². The normalized spacial score (nSPS) is 25.4. The van der Waals surface area contributed by atoms with Crippen LogP contribution in [0.25, 0.3) is 0 Å². The van der Waals surface area contributed by atoms with Crippen LogP contribution in [0, 0.1) is 36.0 Å². The van der Waals surface area contributed by atoms with Crippen LogP contribution in [-0.4, -0.2) is 18.4 Å². The molecule has 2 atom stereocenters. The second-order valence-corrected chi connectivity index (χ2v) is 6.30. The number of carbonyl (C=O) groups excluding carboxylic acids is 2. The Kier molecular flexibility index (Phi) is 2.93. The fourth-order valence-electron chi connectivity index (χ4n) is 3.32. The Balaban J connectivity index is 1.93. The van der Waals surface area contributed by atoms with Gasteiger partial charge in [-0.3, -0.25) is 9.59 Å². The number of anilines is 1. The summed E-state index contributed by atoms with van der Waals surface area (Å²) in [6.07, 6.45) is 0. The highest BCUT2D eigenvalue weighted by molar-refractivity contribution is 6.26. The largest absolute Gasteiger partial charge is 0.320 e. The summed E-state index contributed by atoms with van der Waals surface area (Å²) in [5, 5.41) is 0. The van der Waals surface area contributed by atoms with Crippen LogP contribution in [0.3, 0.4) is 0 Å². The zero-order valence-corrected chi connectivity index (χ0v) is 12.4. The maximum atomic E-state index is 12.4. The number of aryl methyl sites for hydroxylation is 1. The Hall–Kier alpha value is -2.12. The van der Waals surface area contributed by atoms with Gasteiger partial charge in [0.2, 0.25) is 11.8 Å². The Bertz CT molecular complexity index is 685. The molecule has 0 spiro atoms. The van der Waals surface area contributed by atoms with E-state index in [1.165, 1.54) is 4.90 Å². The number of rotatable bonds is 1. The summed E-state index contributed by atoms with van der Waals surface area (Å²) in [7, 11) is 0. The average molecular weight is 282 g/mol. The smallest absolute Gasteiger partial charge is 0.238 e. The summed E-state index contributed by atoms with van der Waals surface area (Å²) in [5.41, 5.74) is 7.57. The maximum absolute atomic E-state index is 12.4. The summed E-state index contributed by atoms with van der Waals surface area (Å²) in [6.45, 7) is 6.16. The lowest BCUT2D eigenvalue weighted by Gasteiger charge is -2.22. The van der Waals surface area contributed by atoms with Crippen molar-refractivity contribution in [3.05, 3.63) is 29.3 Å². The maximum Gasteiger partial charge on any atom is 0.238 e. The zero-order chi connectivity index (χ0) is 15.4. The van der Waals surface area contributed by atoms with Crippen LogP contribution < -0.4 is 10.6 Å². The van der Waals surface area contributed by atoms with Gasteiger partial charge >= 0.3 is 0 Å². The molecule has 4 heteroatoms. The van der Waals surface area contributed by atoms with E-state index in [4.69, 9.17) is 5.73 Å².